The summed E-state index contributed by atoms with van der Waals surface area (Å²) in [7, 11) is 1.69. The summed E-state index contributed by atoms with van der Waals surface area (Å²) < 4.78 is 7.29. The molecule has 23 heavy (non-hydrogen) atoms. The van der Waals surface area contributed by atoms with E-state index in [1.807, 2.05) is 29.1 Å². The van der Waals surface area contributed by atoms with Gasteiger partial charge in [0.25, 0.3) is 0 Å². The third kappa shape index (κ3) is 3.74. The van der Waals surface area contributed by atoms with Crippen LogP contribution >= 0.6 is 0 Å². The van der Waals surface area contributed by atoms with Crippen molar-refractivity contribution in [2.45, 2.75) is 38.3 Å². The number of ether oxygens (including phenoxy) is 1. The molecule has 5 nitrogen and oxygen atoms in total. The number of aromatic nitrogens is 2. The summed E-state index contributed by atoms with van der Waals surface area (Å²) in [5.74, 6) is 0.853. The first-order valence-corrected chi connectivity index (χ1v) is 8.33. The third-order valence-corrected chi connectivity index (χ3v) is 4.62. The highest BCUT2D eigenvalue weighted by Gasteiger charge is 2.21. The van der Waals surface area contributed by atoms with Crippen molar-refractivity contribution in [3.05, 3.63) is 42.2 Å². The largest absolute Gasteiger partial charge is 0.497 e. The fraction of sp³-hybridized carbons (Fsp3) is 0.500. The number of aliphatic hydroxyl groups excluding tert-OH is 1. The standard InChI is InChI=1S/C18H25N3O2/c1-23-17-7-8-18(21-11-5-9-19-21)15(12-17)13-20-10-4-2-3-6-16(20)14-22/h5,7-9,11-12,16,22H,2-4,6,10,13-14H2,1H3/t16-/m1/s1. The van der Waals surface area contributed by atoms with Gasteiger partial charge in [-0.05, 0) is 49.2 Å². The SMILES string of the molecule is COc1ccc(-n2cccn2)c(CN2CCCCC[C@@H]2CO)c1. The molecule has 1 fully saturated rings. The number of hydrogen-bond donors (Lipinski definition) is 1. The quantitative estimate of drug-likeness (QED) is 0.921. The summed E-state index contributed by atoms with van der Waals surface area (Å²) in [5, 5.41) is 14.1. The third-order valence-electron chi connectivity index (χ3n) is 4.62. The number of aliphatic hydroxyl groups is 1. The van der Waals surface area contributed by atoms with Crippen molar-refractivity contribution < 1.29 is 9.84 Å². The van der Waals surface area contributed by atoms with E-state index in [0.29, 0.717) is 0 Å². The van der Waals surface area contributed by atoms with Crippen molar-refractivity contribution in [3.63, 3.8) is 0 Å². The molecule has 1 saturated heterocycles. The zero-order chi connectivity index (χ0) is 16.1. The van der Waals surface area contributed by atoms with Crippen LogP contribution in [-0.4, -0.2) is 46.1 Å². The van der Waals surface area contributed by atoms with Gasteiger partial charge in [-0.25, -0.2) is 4.68 Å². The first kappa shape index (κ1) is 16.0. The van der Waals surface area contributed by atoms with Gasteiger partial charge in [0.05, 0.1) is 19.4 Å². The molecule has 2 aromatic rings. The number of benzene rings is 1. The molecule has 1 atom stereocenters. The summed E-state index contributed by atoms with van der Waals surface area (Å²) in [4.78, 5) is 2.40. The van der Waals surface area contributed by atoms with Crippen LogP contribution in [0.2, 0.25) is 0 Å². The molecule has 0 amide bonds. The maximum Gasteiger partial charge on any atom is 0.119 e. The number of rotatable bonds is 5. The van der Waals surface area contributed by atoms with Crippen LogP contribution in [0.15, 0.2) is 36.7 Å². The normalized spacial score (nSPS) is 19.5. The molecule has 1 aliphatic heterocycles. The maximum absolute atomic E-state index is 9.73. The maximum atomic E-state index is 9.73. The second-order valence-electron chi connectivity index (χ2n) is 6.10. The van der Waals surface area contributed by atoms with Crippen LogP contribution in [0.3, 0.4) is 0 Å². The van der Waals surface area contributed by atoms with Gasteiger partial charge in [0.1, 0.15) is 5.75 Å². The molecule has 124 valence electrons. The van der Waals surface area contributed by atoms with E-state index in [0.717, 1.165) is 30.9 Å². The van der Waals surface area contributed by atoms with Gasteiger partial charge in [-0.3, -0.25) is 4.90 Å². The van der Waals surface area contributed by atoms with Gasteiger partial charge in [0.15, 0.2) is 0 Å². The average molecular weight is 315 g/mol. The number of nitrogens with zero attached hydrogens (tertiary/aromatic N) is 3. The Morgan fingerprint density at radius 1 is 1.30 bits per heavy atom. The molecule has 1 N–H and O–H groups in total. The Morgan fingerprint density at radius 3 is 2.96 bits per heavy atom. The van der Waals surface area contributed by atoms with Crippen LogP contribution in [0, 0.1) is 0 Å². The van der Waals surface area contributed by atoms with E-state index in [2.05, 4.69) is 16.1 Å². The molecule has 2 heterocycles. The van der Waals surface area contributed by atoms with Crippen molar-refractivity contribution in [1.82, 2.24) is 14.7 Å². The van der Waals surface area contributed by atoms with Gasteiger partial charge < -0.3 is 9.84 Å². The van der Waals surface area contributed by atoms with E-state index in [4.69, 9.17) is 4.74 Å². The van der Waals surface area contributed by atoms with E-state index in [1.165, 1.54) is 24.8 Å². The number of methoxy groups -OCH3 is 1. The van der Waals surface area contributed by atoms with Crippen LogP contribution in [-0.2, 0) is 6.54 Å². The van der Waals surface area contributed by atoms with Crippen LogP contribution in [0.5, 0.6) is 5.75 Å². The predicted octanol–water partition coefficient (Wildman–Crippen LogP) is 2.62. The summed E-state index contributed by atoms with van der Waals surface area (Å²) in [5.41, 5.74) is 2.24. The minimum Gasteiger partial charge on any atom is -0.497 e. The Labute approximate surface area is 137 Å². The Kier molecular flexibility index (Phi) is 5.31. The van der Waals surface area contributed by atoms with Gasteiger partial charge >= 0.3 is 0 Å². The lowest BCUT2D eigenvalue weighted by Gasteiger charge is -2.29. The smallest absolute Gasteiger partial charge is 0.119 e. The highest BCUT2D eigenvalue weighted by atomic mass is 16.5. The Bertz CT molecular complexity index is 613. The average Bonchev–Trinajstić information content (AvgIpc) is 3.02. The zero-order valence-electron chi connectivity index (χ0n) is 13.7. The fourth-order valence-corrected chi connectivity index (χ4v) is 3.32. The highest BCUT2D eigenvalue weighted by molar-refractivity contribution is 5.45. The molecule has 1 aromatic carbocycles. The Morgan fingerprint density at radius 2 is 2.22 bits per heavy atom. The van der Waals surface area contributed by atoms with Gasteiger partial charge in [-0.2, -0.15) is 5.10 Å². The molecule has 0 saturated carbocycles. The van der Waals surface area contributed by atoms with Gasteiger partial charge in [-0.1, -0.05) is 12.8 Å². The Hall–Kier alpha value is -1.85. The summed E-state index contributed by atoms with van der Waals surface area (Å²) in [6.45, 7) is 2.06. The van der Waals surface area contributed by atoms with Crippen molar-refractivity contribution in [1.29, 1.82) is 0 Å². The lowest BCUT2D eigenvalue weighted by atomic mass is 10.1. The van der Waals surface area contributed by atoms with Crippen molar-refractivity contribution in [2.75, 3.05) is 20.3 Å². The fourth-order valence-electron chi connectivity index (χ4n) is 3.32. The molecular weight excluding hydrogens is 290 g/mol. The van der Waals surface area contributed by atoms with E-state index in [9.17, 15) is 5.11 Å². The second-order valence-corrected chi connectivity index (χ2v) is 6.10. The molecule has 5 heteroatoms. The number of likely N-dealkylation sites (tertiary alicyclic amines) is 1. The minimum absolute atomic E-state index is 0.223. The van der Waals surface area contributed by atoms with Crippen molar-refractivity contribution >= 4 is 0 Å². The van der Waals surface area contributed by atoms with Gasteiger partial charge in [0, 0.05) is 25.0 Å². The molecular formula is C18H25N3O2. The molecule has 0 unspecified atom stereocenters. The summed E-state index contributed by atoms with van der Waals surface area (Å²) in [6.07, 6.45) is 8.45. The molecule has 3 rings (SSSR count). The first-order valence-electron chi connectivity index (χ1n) is 8.33. The van der Waals surface area contributed by atoms with Crippen LogP contribution < -0.4 is 4.74 Å². The monoisotopic (exact) mass is 315 g/mol. The topological polar surface area (TPSA) is 50.5 Å². The van der Waals surface area contributed by atoms with Gasteiger partial charge in [-0.15, -0.1) is 0 Å². The molecule has 0 aliphatic carbocycles. The van der Waals surface area contributed by atoms with E-state index < -0.39 is 0 Å². The van der Waals surface area contributed by atoms with Crippen LogP contribution in [0.25, 0.3) is 5.69 Å². The van der Waals surface area contributed by atoms with Gasteiger partial charge in [0.2, 0.25) is 0 Å². The van der Waals surface area contributed by atoms with Crippen LogP contribution in [0.1, 0.15) is 31.2 Å². The van der Waals surface area contributed by atoms with E-state index >= 15 is 0 Å². The number of hydrogen-bond acceptors (Lipinski definition) is 4. The highest BCUT2D eigenvalue weighted by Crippen LogP contribution is 2.25. The first-order chi connectivity index (χ1) is 11.3. The van der Waals surface area contributed by atoms with E-state index in [-0.39, 0.29) is 12.6 Å². The van der Waals surface area contributed by atoms with Crippen molar-refractivity contribution in [3.8, 4) is 11.4 Å². The molecule has 0 radical (unpaired) electrons. The molecule has 1 aromatic heterocycles. The lowest BCUT2D eigenvalue weighted by molar-refractivity contribution is 0.118. The molecule has 0 spiro atoms. The van der Waals surface area contributed by atoms with Crippen LogP contribution in [0.4, 0.5) is 0 Å². The second kappa shape index (κ2) is 7.62. The summed E-state index contributed by atoms with van der Waals surface area (Å²) >= 11 is 0. The lowest BCUT2D eigenvalue weighted by Crippen LogP contribution is -2.37. The minimum atomic E-state index is 0.223. The Balaban J connectivity index is 1.90. The van der Waals surface area contributed by atoms with E-state index in [1.54, 1.807) is 13.3 Å². The zero-order valence-corrected chi connectivity index (χ0v) is 13.7. The van der Waals surface area contributed by atoms with Crippen molar-refractivity contribution in [2.24, 2.45) is 0 Å². The predicted molar refractivity (Wildman–Crippen MR) is 89.9 cm³/mol. The summed E-state index contributed by atoms with van der Waals surface area (Å²) in [6, 6.07) is 8.26. The molecule has 0 bridgehead atoms. The molecule has 1 aliphatic rings.